The second kappa shape index (κ2) is 7.57. The van der Waals surface area contributed by atoms with Crippen molar-refractivity contribution in [2.24, 2.45) is 5.92 Å². The Morgan fingerprint density at radius 2 is 2.32 bits per heavy atom. The van der Waals surface area contributed by atoms with E-state index in [9.17, 15) is 13.6 Å². The van der Waals surface area contributed by atoms with Gasteiger partial charge in [-0.15, -0.1) is 11.3 Å². The van der Waals surface area contributed by atoms with Crippen LogP contribution in [-0.4, -0.2) is 50.3 Å². The van der Waals surface area contributed by atoms with Gasteiger partial charge in [0.1, 0.15) is 6.54 Å². The summed E-state index contributed by atoms with van der Waals surface area (Å²) in [5.41, 5.74) is 1.87. The SMILES string of the molecule is Cc1c(CN2CCC(Cc3nc(C(=O)O)cs3)C2)cnn1CC(F)F. The van der Waals surface area contributed by atoms with E-state index in [1.807, 2.05) is 6.92 Å². The topological polar surface area (TPSA) is 71.2 Å². The van der Waals surface area contributed by atoms with Crippen LogP contribution in [0.5, 0.6) is 0 Å². The van der Waals surface area contributed by atoms with Crippen molar-refractivity contribution in [3.63, 3.8) is 0 Å². The van der Waals surface area contributed by atoms with Gasteiger partial charge >= 0.3 is 5.97 Å². The highest BCUT2D eigenvalue weighted by Gasteiger charge is 2.25. The van der Waals surface area contributed by atoms with E-state index in [0.717, 1.165) is 42.2 Å². The lowest BCUT2D eigenvalue weighted by Crippen LogP contribution is -2.21. The Bertz CT molecular complexity index is 746. The summed E-state index contributed by atoms with van der Waals surface area (Å²) in [7, 11) is 0. The van der Waals surface area contributed by atoms with Crippen LogP contribution in [-0.2, 0) is 19.5 Å². The van der Waals surface area contributed by atoms with Crippen molar-refractivity contribution in [1.82, 2.24) is 19.7 Å². The summed E-state index contributed by atoms with van der Waals surface area (Å²) in [6.07, 6.45) is 1.06. The first-order valence-electron chi connectivity index (χ1n) is 8.12. The first-order chi connectivity index (χ1) is 11.9. The lowest BCUT2D eigenvalue weighted by Gasteiger charge is -2.15. The molecule has 0 amide bonds. The van der Waals surface area contributed by atoms with E-state index in [1.165, 1.54) is 16.0 Å². The second-order valence-corrected chi connectivity index (χ2v) is 7.30. The van der Waals surface area contributed by atoms with Gasteiger partial charge in [-0.05, 0) is 25.8 Å². The number of aromatic carboxylic acids is 1. The third kappa shape index (κ3) is 4.40. The summed E-state index contributed by atoms with van der Waals surface area (Å²) in [6, 6.07) is 0. The average Bonchev–Trinajstić information content (AvgIpc) is 3.25. The highest BCUT2D eigenvalue weighted by Crippen LogP contribution is 2.24. The predicted octanol–water partition coefficient (Wildman–Crippen LogP) is 2.68. The molecule has 1 atom stereocenters. The summed E-state index contributed by atoms with van der Waals surface area (Å²) < 4.78 is 26.4. The molecule has 3 heterocycles. The van der Waals surface area contributed by atoms with E-state index >= 15 is 0 Å². The van der Waals surface area contributed by atoms with Crippen molar-refractivity contribution in [3.05, 3.63) is 33.5 Å². The molecule has 0 aromatic carbocycles. The number of hydrogen-bond donors (Lipinski definition) is 1. The number of carboxylic acid groups (broad SMARTS) is 1. The number of likely N-dealkylation sites (tertiary alicyclic amines) is 1. The molecule has 1 aliphatic rings. The number of aromatic nitrogens is 3. The van der Waals surface area contributed by atoms with E-state index < -0.39 is 12.4 Å². The zero-order valence-corrected chi connectivity index (χ0v) is 14.7. The van der Waals surface area contributed by atoms with Crippen LogP contribution in [0.4, 0.5) is 8.78 Å². The number of nitrogens with zero attached hydrogens (tertiary/aromatic N) is 4. The Morgan fingerprint density at radius 1 is 1.52 bits per heavy atom. The fourth-order valence-corrected chi connectivity index (χ4v) is 4.05. The summed E-state index contributed by atoms with van der Waals surface area (Å²) in [5, 5.41) is 15.4. The Kier molecular flexibility index (Phi) is 5.43. The Morgan fingerprint density at radius 3 is 3.00 bits per heavy atom. The molecule has 3 rings (SSSR count). The van der Waals surface area contributed by atoms with Crippen LogP contribution in [0.2, 0.25) is 0 Å². The van der Waals surface area contributed by atoms with Gasteiger partial charge in [0, 0.05) is 36.1 Å². The maximum absolute atomic E-state index is 12.5. The molecule has 2 aromatic rings. The third-order valence-electron chi connectivity index (χ3n) is 4.51. The smallest absolute Gasteiger partial charge is 0.355 e. The Balaban J connectivity index is 1.54. The van der Waals surface area contributed by atoms with Crippen molar-refractivity contribution in [1.29, 1.82) is 0 Å². The fourth-order valence-electron chi connectivity index (χ4n) is 3.17. The maximum atomic E-state index is 12.5. The van der Waals surface area contributed by atoms with Crippen LogP contribution >= 0.6 is 11.3 Å². The molecule has 0 spiro atoms. The molecule has 6 nitrogen and oxygen atoms in total. The molecule has 1 unspecified atom stereocenters. The third-order valence-corrected chi connectivity index (χ3v) is 5.39. The van der Waals surface area contributed by atoms with Gasteiger partial charge in [0.25, 0.3) is 6.43 Å². The normalized spacial score (nSPS) is 18.3. The van der Waals surface area contributed by atoms with Gasteiger partial charge in [0.05, 0.1) is 11.2 Å². The van der Waals surface area contributed by atoms with Crippen LogP contribution < -0.4 is 0 Å². The van der Waals surface area contributed by atoms with Crippen LogP contribution in [0.15, 0.2) is 11.6 Å². The van der Waals surface area contributed by atoms with Crippen molar-refractivity contribution in [2.45, 2.75) is 39.3 Å². The lowest BCUT2D eigenvalue weighted by atomic mass is 10.1. The van der Waals surface area contributed by atoms with Crippen LogP contribution in [0.25, 0.3) is 0 Å². The van der Waals surface area contributed by atoms with E-state index in [1.54, 1.807) is 11.6 Å². The zero-order chi connectivity index (χ0) is 18.0. The average molecular weight is 370 g/mol. The molecule has 1 aliphatic heterocycles. The largest absolute Gasteiger partial charge is 0.476 e. The molecule has 25 heavy (non-hydrogen) atoms. The van der Waals surface area contributed by atoms with Gasteiger partial charge in [0.2, 0.25) is 0 Å². The Hall–Kier alpha value is -1.87. The molecule has 1 fully saturated rings. The molecule has 0 bridgehead atoms. The van der Waals surface area contributed by atoms with Gasteiger partial charge in [-0.2, -0.15) is 5.10 Å². The number of carboxylic acids is 1. The molecule has 0 saturated carbocycles. The van der Waals surface area contributed by atoms with E-state index in [-0.39, 0.29) is 12.2 Å². The molecular weight excluding hydrogens is 350 g/mol. The first-order valence-corrected chi connectivity index (χ1v) is 9.00. The summed E-state index contributed by atoms with van der Waals surface area (Å²) in [5.74, 6) is -0.559. The molecule has 1 N–H and O–H groups in total. The van der Waals surface area contributed by atoms with Gasteiger partial charge in [0.15, 0.2) is 5.69 Å². The molecule has 1 saturated heterocycles. The minimum Gasteiger partial charge on any atom is -0.476 e. The molecule has 9 heteroatoms. The van der Waals surface area contributed by atoms with Crippen LogP contribution in [0.1, 0.15) is 33.2 Å². The molecular formula is C16H20F2N4O2S. The highest BCUT2D eigenvalue weighted by atomic mass is 32.1. The van der Waals surface area contributed by atoms with Crippen molar-refractivity contribution < 1.29 is 18.7 Å². The number of alkyl halides is 2. The Labute approximate surface area is 148 Å². The molecule has 136 valence electrons. The minimum atomic E-state index is -2.41. The summed E-state index contributed by atoms with van der Waals surface area (Å²) in [6.45, 7) is 3.97. The van der Waals surface area contributed by atoms with Crippen molar-refractivity contribution >= 4 is 17.3 Å². The number of halogens is 2. The first kappa shape index (κ1) is 17.9. The van der Waals surface area contributed by atoms with Gasteiger partial charge in [-0.25, -0.2) is 18.6 Å². The van der Waals surface area contributed by atoms with Crippen LogP contribution in [0.3, 0.4) is 0 Å². The van der Waals surface area contributed by atoms with E-state index in [0.29, 0.717) is 12.5 Å². The van der Waals surface area contributed by atoms with E-state index in [2.05, 4.69) is 15.0 Å². The highest BCUT2D eigenvalue weighted by molar-refractivity contribution is 7.09. The number of thiazole rings is 1. The monoisotopic (exact) mass is 370 g/mol. The van der Waals surface area contributed by atoms with Crippen molar-refractivity contribution in [3.8, 4) is 0 Å². The van der Waals surface area contributed by atoms with Crippen LogP contribution in [0, 0.1) is 12.8 Å². The number of rotatable bonds is 7. The van der Waals surface area contributed by atoms with Gasteiger partial charge in [-0.1, -0.05) is 0 Å². The summed E-state index contributed by atoms with van der Waals surface area (Å²) >= 11 is 1.39. The summed E-state index contributed by atoms with van der Waals surface area (Å²) in [4.78, 5) is 17.3. The molecule has 0 aliphatic carbocycles. The zero-order valence-electron chi connectivity index (χ0n) is 13.9. The number of carbonyl (C=O) groups is 1. The quantitative estimate of drug-likeness (QED) is 0.811. The van der Waals surface area contributed by atoms with Crippen molar-refractivity contribution in [2.75, 3.05) is 13.1 Å². The fraction of sp³-hybridized carbons (Fsp3) is 0.562. The lowest BCUT2D eigenvalue weighted by molar-refractivity contribution is 0.0691. The van der Waals surface area contributed by atoms with Gasteiger partial charge < -0.3 is 5.11 Å². The number of hydrogen-bond acceptors (Lipinski definition) is 5. The standard InChI is InChI=1S/C16H20F2N4O2S/c1-10-12(5-19-22(10)8-14(17)18)7-21-3-2-11(6-21)4-15-20-13(9-25-15)16(23)24/h5,9,11,14H,2-4,6-8H2,1H3,(H,23,24). The molecule has 2 aromatic heterocycles. The predicted molar refractivity (Wildman–Crippen MR) is 89.1 cm³/mol. The van der Waals surface area contributed by atoms with E-state index in [4.69, 9.17) is 5.11 Å². The minimum absolute atomic E-state index is 0.108. The molecule has 0 radical (unpaired) electrons. The van der Waals surface area contributed by atoms with Gasteiger partial charge in [-0.3, -0.25) is 9.58 Å². The second-order valence-electron chi connectivity index (χ2n) is 6.35. The maximum Gasteiger partial charge on any atom is 0.355 e.